The molecular weight excluding hydrogens is 354 g/mol. The Bertz CT molecular complexity index is 656. The van der Waals surface area contributed by atoms with Crippen LogP contribution in [0.2, 0.25) is 0 Å². The summed E-state index contributed by atoms with van der Waals surface area (Å²) in [6.45, 7) is 9.82. The summed E-state index contributed by atoms with van der Waals surface area (Å²) in [5, 5.41) is 18.0. The first kappa shape index (κ1) is 20.8. The molecule has 0 aromatic carbocycles. The van der Waals surface area contributed by atoms with E-state index in [1.165, 1.54) is 12.8 Å². The van der Waals surface area contributed by atoms with Gasteiger partial charge in [-0.2, -0.15) is 0 Å². The van der Waals surface area contributed by atoms with Crippen molar-refractivity contribution >= 4 is 11.6 Å². The Balaban J connectivity index is 1.53. The van der Waals surface area contributed by atoms with Crippen molar-refractivity contribution in [1.82, 2.24) is 20.9 Å². The molecule has 2 heterocycles. The summed E-state index contributed by atoms with van der Waals surface area (Å²) in [6.07, 6.45) is 7.73. The van der Waals surface area contributed by atoms with Gasteiger partial charge in [-0.3, -0.25) is 9.69 Å². The van der Waals surface area contributed by atoms with Gasteiger partial charge in [0.15, 0.2) is 0 Å². The molecule has 0 radical (unpaired) electrons. The van der Waals surface area contributed by atoms with E-state index in [-0.39, 0.29) is 5.91 Å². The second-order valence-corrected chi connectivity index (χ2v) is 7.66. The Morgan fingerprint density at radius 1 is 1.32 bits per heavy atom. The lowest BCUT2D eigenvalue weighted by Crippen LogP contribution is -2.41. The monoisotopic (exact) mass is 387 g/mol. The minimum absolute atomic E-state index is 0.0706. The van der Waals surface area contributed by atoms with Crippen molar-refractivity contribution in [2.24, 2.45) is 5.92 Å². The van der Waals surface area contributed by atoms with Crippen LogP contribution in [0.1, 0.15) is 19.8 Å². The Hall–Kier alpha value is -1.96. The number of amides is 1. The largest absolute Gasteiger partial charge is 0.390 e. The minimum atomic E-state index is -0.0706. The molecule has 0 spiro atoms. The van der Waals surface area contributed by atoms with Crippen LogP contribution in [0.15, 0.2) is 35.1 Å². The van der Waals surface area contributed by atoms with Gasteiger partial charge < -0.3 is 26.1 Å². The Morgan fingerprint density at radius 2 is 2.07 bits per heavy atom. The number of morpholine rings is 1. The quantitative estimate of drug-likeness (QED) is 0.519. The van der Waals surface area contributed by atoms with Crippen LogP contribution < -0.4 is 16.0 Å². The van der Waals surface area contributed by atoms with E-state index < -0.39 is 0 Å². The van der Waals surface area contributed by atoms with Gasteiger partial charge in [-0.25, -0.2) is 0 Å². The summed E-state index contributed by atoms with van der Waals surface area (Å²) in [6, 6.07) is 0. The maximum Gasteiger partial charge on any atom is 0.251 e. The predicted octanol–water partition coefficient (Wildman–Crippen LogP) is 0.814. The molecule has 154 valence electrons. The lowest BCUT2D eigenvalue weighted by Gasteiger charge is -2.26. The highest BCUT2D eigenvalue weighted by Crippen LogP contribution is 2.22. The van der Waals surface area contributed by atoms with Gasteiger partial charge >= 0.3 is 0 Å². The van der Waals surface area contributed by atoms with Crippen molar-refractivity contribution in [2.75, 3.05) is 59.0 Å². The Labute approximate surface area is 167 Å². The third-order valence-electron chi connectivity index (χ3n) is 5.69. The maximum atomic E-state index is 12.6. The summed E-state index contributed by atoms with van der Waals surface area (Å²) in [5.74, 6) is 0.595. The van der Waals surface area contributed by atoms with E-state index in [1.54, 1.807) is 12.2 Å². The van der Waals surface area contributed by atoms with Crippen molar-refractivity contribution in [3.05, 3.63) is 35.1 Å². The fourth-order valence-corrected chi connectivity index (χ4v) is 3.82. The molecule has 0 atom stereocenters. The Kier molecular flexibility index (Phi) is 7.82. The van der Waals surface area contributed by atoms with E-state index >= 15 is 0 Å². The molecule has 0 unspecified atom stereocenters. The number of carbonyl (C=O) groups is 1. The van der Waals surface area contributed by atoms with Crippen LogP contribution in [-0.4, -0.2) is 75.5 Å². The van der Waals surface area contributed by atoms with E-state index in [9.17, 15) is 4.79 Å². The fourth-order valence-electron chi connectivity index (χ4n) is 3.82. The number of ether oxygens (including phenoxy) is 1. The minimum Gasteiger partial charge on any atom is -0.390 e. The summed E-state index contributed by atoms with van der Waals surface area (Å²) in [4.78, 5) is 14.9. The van der Waals surface area contributed by atoms with Gasteiger partial charge in [0.05, 0.1) is 18.9 Å². The number of piperidine rings is 1. The molecular formula is C21H33N5O2. The van der Waals surface area contributed by atoms with Gasteiger partial charge in [0.25, 0.3) is 5.91 Å². The molecule has 0 bridgehead atoms. The van der Waals surface area contributed by atoms with Gasteiger partial charge in [0.2, 0.25) is 0 Å². The number of rotatable bonds is 7. The molecule has 1 aliphatic carbocycles. The number of carbonyl (C=O) groups excluding carboxylic acids is 1. The molecule has 28 heavy (non-hydrogen) atoms. The number of nitrogens with zero attached hydrogens (tertiary/aromatic N) is 1. The van der Waals surface area contributed by atoms with E-state index in [0.29, 0.717) is 23.7 Å². The van der Waals surface area contributed by atoms with Gasteiger partial charge in [-0.05, 0) is 56.5 Å². The molecule has 0 aromatic heterocycles. The normalized spacial score (nSPS) is 23.3. The molecule has 2 aliphatic heterocycles. The van der Waals surface area contributed by atoms with Gasteiger partial charge in [0.1, 0.15) is 0 Å². The highest BCUT2D eigenvalue weighted by Gasteiger charge is 2.20. The summed E-state index contributed by atoms with van der Waals surface area (Å²) in [7, 11) is 0. The lowest BCUT2D eigenvalue weighted by atomic mass is 9.92. The van der Waals surface area contributed by atoms with Crippen LogP contribution in [0.25, 0.3) is 0 Å². The third-order valence-corrected chi connectivity index (χ3v) is 5.69. The second-order valence-electron chi connectivity index (χ2n) is 7.66. The van der Waals surface area contributed by atoms with E-state index in [4.69, 9.17) is 10.1 Å². The third kappa shape index (κ3) is 5.77. The molecule has 0 saturated carbocycles. The smallest absolute Gasteiger partial charge is 0.251 e. The van der Waals surface area contributed by atoms with Crippen LogP contribution in [-0.2, 0) is 9.53 Å². The van der Waals surface area contributed by atoms with Gasteiger partial charge in [0, 0.05) is 50.1 Å². The highest BCUT2D eigenvalue weighted by atomic mass is 16.5. The van der Waals surface area contributed by atoms with Crippen molar-refractivity contribution in [1.29, 1.82) is 5.41 Å². The molecule has 7 nitrogen and oxygen atoms in total. The SMILES string of the molecule is CC1=C(C(=O)NCCN2CCOCC2)C=CC(=N)/C1=C\NCC1CCNCC1. The van der Waals surface area contributed by atoms with Crippen LogP contribution in [0.5, 0.6) is 0 Å². The number of hydrogen-bond acceptors (Lipinski definition) is 6. The van der Waals surface area contributed by atoms with Crippen LogP contribution >= 0.6 is 0 Å². The molecule has 3 rings (SSSR count). The first-order valence-corrected chi connectivity index (χ1v) is 10.4. The van der Waals surface area contributed by atoms with Crippen molar-refractivity contribution in [3.8, 4) is 0 Å². The fraction of sp³-hybridized carbons (Fsp3) is 0.619. The Morgan fingerprint density at radius 3 is 2.82 bits per heavy atom. The van der Waals surface area contributed by atoms with Crippen LogP contribution in [0, 0.1) is 11.3 Å². The first-order chi connectivity index (χ1) is 13.6. The molecule has 0 aromatic rings. The second kappa shape index (κ2) is 10.5. The molecule has 4 N–H and O–H groups in total. The van der Waals surface area contributed by atoms with E-state index in [0.717, 1.165) is 63.6 Å². The average molecular weight is 388 g/mol. The first-order valence-electron chi connectivity index (χ1n) is 10.4. The van der Waals surface area contributed by atoms with Crippen LogP contribution in [0.3, 0.4) is 0 Å². The molecule has 3 aliphatic rings. The standard InChI is InChI=1S/C21H33N5O2/c1-16-18(21(27)25-8-9-26-10-12-28-13-11-26)2-3-20(22)19(16)15-24-14-17-4-6-23-7-5-17/h2-3,15,17,22-24H,4-14H2,1H3,(H,25,27)/b19-15-,22-20?. The van der Waals surface area contributed by atoms with Crippen LogP contribution in [0.4, 0.5) is 0 Å². The molecule has 7 heteroatoms. The highest BCUT2D eigenvalue weighted by molar-refractivity contribution is 6.14. The number of allylic oxidation sites excluding steroid dienone is 3. The maximum absolute atomic E-state index is 12.6. The zero-order valence-electron chi connectivity index (χ0n) is 16.9. The van der Waals surface area contributed by atoms with Crippen molar-refractivity contribution in [3.63, 3.8) is 0 Å². The topological polar surface area (TPSA) is 89.5 Å². The molecule has 1 amide bonds. The van der Waals surface area contributed by atoms with Crippen molar-refractivity contribution in [2.45, 2.75) is 19.8 Å². The summed E-state index contributed by atoms with van der Waals surface area (Å²) < 4.78 is 5.35. The number of nitrogens with one attached hydrogen (secondary N) is 4. The van der Waals surface area contributed by atoms with Gasteiger partial charge in [-0.15, -0.1) is 0 Å². The summed E-state index contributed by atoms with van der Waals surface area (Å²) >= 11 is 0. The van der Waals surface area contributed by atoms with E-state index in [1.807, 2.05) is 13.1 Å². The zero-order valence-corrected chi connectivity index (χ0v) is 16.9. The summed E-state index contributed by atoms with van der Waals surface area (Å²) in [5.41, 5.74) is 2.75. The molecule has 2 fully saturated rings. The lowest BCUT2D eigenvalue weighted by molar-refractivity contribution is -0.117. The predicted molar refractivity (Wildman–Crippen MR) is 112 cm³/mol. The molecule has 2 saturated heterocycles. The van der Waals surface area contributed by atoms with Crippen molar-refractivity contribution < 1.29 is 9.53 Å². The van der Waals surface area contributed by atoms with E-state index in [2.05, 4.69) is 20.9 Å². The van der Waals surface area contributed by atoms with Gasteiger partial charge in [-0.1, -0.05) is 0 Å². The zero-order chi connectivity index (χ0) is 19.8. The average Bonchev–Trinajstić information content (AvgIpc) is 2.72. The number of hydrogen-bond donors (Lipinski definition) is 4.